The molecule has 0 aromatic heterocycles. The topological polar surface area (TPSA) is 0 Å². The number of terminal acetylenes is 2. The molecule has 1 saturated carbocycles. The van der Waals surface area contributed by atoms with Crippen LogP contribution in [-0.2, 0) is 0 Å². The lowest BCUT2D eigenvalue weighted by atomic mass is 9.89. The predicted molar refractivity (Wildman–Crippen MR) is 94.5 cm³/mol. The van der Waals surface area contributed by atoms with Gasteiger partial charge in [0, 0.05) is 25.3 Å². The van der Waals surface area contributed by atoms with Crippen LogP contribution in [0.4, 0.5) is 0 Å². The highest BCUT2D eigenvalue weighted by molar-refractivity contribution is 7.76. The quantitative estimate of drug-likeness (QED) is 0.370. The molecule has 0 saturated heterocycles. The Morgan fingerprint density at radius 2 is 1.80 bits per heavy atom. The van der Waals surface area contributed by atoms with Crippen LogP contribution >= 0.6 is 7.26 Å². The molecule has 1 aliphatic carbocycles. The molecule has 110 valence electrons. The Labute approximate surface area is 127 Å². The summed E-state index contributed by atoms with van der Waals surface area (Å²) in [5.41, 5.74) is 2.06. The molecule has 0 aliphatic heterocycles. The van der Waals surface area contributed by atoms with E-state index in [9.17, 15) is 0 Å². The summed E-state index contributed by atoms with van der Waals surface area (Å²) in [6.45, 7) is 17.6. The molecule has 0 bridgehead atoms. The van der Waals surface area contributed by atoms with Gasteiger partial charge in [-0.15, -0.1) is 18.8 Å². The fourth-order valence-electron chi connectivity index (χ4n) is 3.61. The minimum absolute atomic E-state index is 0.0152. The Kier molecular flexibility index (Phi) is 4.84. The second-order valence-electron chi connectivity index (χ2n) is 8.06. The van der Waals surface area contributed by atoms with Gasteiger partial charge in [-0.2, -0.15) is 0 Å². The van der Waals surface area contributed by atoms with Gasteiger partial charge in [0.25, 0.3) is 0 Å². The van der Waals surface area contributed by atoms with Gasteiger partial charge in [-0.3, -0.25) is 0 Å². The normalized spacial score (nSPS) is 25.2. The molecule has 3 atom stereocenters. The van der Waals surface area contributed by atoms with Crippen molar-refractivity contribution in [3.05, 3.63) is 12.2 Å². The highest BCUT2D eigenvalue weighted by Gasteiger charge is 2.61. The van der Waals surface area contributed by atoms with Crippen molar-refractivity contribution < 1.29 is 0 Å². The maximum absolute atomic E-state index is 5.72. The van der Waals surface area contributed by atoms with Gasteiger partial charge in [0.15, 0.2) is 0 Å². The van der Waals surface area contributed by atoms with Crippen LogP contribution < -0.4 is 0 Å². The summed E-state index contributed by atoms with van der Waals surface area (Å²) in [6.07, 6.45) is 15.0. The monoisotopic (exact) mass is 289 g/mol. The van der Waals surface area contributed by atoms with Crippen molar-refractivity contribution in [1.82, 2.24) is 0 Å². The molecule has 0 heterocycles. The second-order valence-corrected chi connectivity index (χ2v) is 12.3. The van der Waals surface area contributed by atoms with E-state index in [0.717, 1.165) is 18.0 Å². The molecule has 0 amide bonds. The van der Waals surface area contributed by atoms with Crippen LogP contribution in [0.3, 0.4) is 0 Å². The standard InChI is InChI=1S/C19H30P/c1-10-18(5,6)14-20(9,13-15(3)4)17-12-16(17)19(7,8)11-2/h1-2,16-17H,3,12-14H2,4-9H3/q+1. The first kappa shape index (κ1) is 17.3. The van der Waals surface area contributed by atoms with E-state index in [1.807, 2.05) is 0 Å². The first-order valence-corrected chi connectivity index (χ1v) is 10.1. The van der Waals surface area contributed by atoms with Crippen LogP contribution in [0.25, 0.3) is 0 Å². The Morgan fingerprint density at radius 3 is 2.20 bits per heavy atom. The zero-order valence-corrected chi connectivity index (χ0v) is 15.0. The van der Waals surface area contributed by atoms with Gasteiger partial charge < -0.3 is 0 Å². The average Bonchev–Trinajstić information content (AvgIpc) is 3.08. The molecular formula is C19H30P+. The van der Waals surface area contributed by atoms with Crippen molar-refractivity contribution in [2.45, 2.75) is 46.7 Å². The van der Waals surface area contributed by atoms with Crippen molar-refractivity contribution in [2.24, 2.45) is 16.7 Å². The molecule has 3 unspecified atom stereocenters. The van der Waals surface area contributed by atoms with E-state index in [0.29, 0.717) is 5.92 Å². The summed E-state index contributed by atoms with van der Waals surface area (Å²) in [5, 5.41) is 0. The van der Waals surface area contributed by atoms with E-state index >= 15 is 0 Å². The predicted octanol–water partition coefficient (Wildman–Crippen LogP) is 4.92. The number of rotatable bonds is 6. The lowest BCUT2D eigenvalue weighted by molar-refractivity contribution is 0.432. The molecule has 0 N–H and O–H groups in total. The van der Waals surface area contributed by atoms with Gasteiger partial charge in [-0.05, 0) is 46.6 Å². The molecule has 0 nitrogen and oxygen atoms in total. The third-order valence-electron chi connectivity index (χ3n) is 4.63. The number of allylic oxidation sites excluding steroid dienone is 1. The average molecular weight is 289 g/mol. The fraction of sp³-hybridized carbons (Fsp3) is 0.684. The molecule has 0 radical (unpaired) electrons. The molecule has 0 spiro atoms. The Bertz CT molecular complexity index is 469. The zero-order chi connectivity index (χ0) is 15.8. The summed E-state index contributed by atoms with van der Waals surface area (Å²) in [5.74, 6) is 6.63. The molecule has 0 aromatic carbocycles. The van der Waals surface area contributed by atoms with E-state index in [-0.39, 0.29) is 10.8 Å². The number of hydrogen-bond donors (Lipinski definition) is 0. The Balaban J connectivity index is 2.96. The molecule has 20 heavy (non-hydrogen) atoms. The summed E-state index contributed by atoms with van der Waals surface area (Å²) < 4.78 is 0. The lowest BCUT2D eigenvalue weighted by Gasteiger charge is -2.31. The van der Waals surface area contributed by atoms with Gasteiger partial charge in [0.05, 0.1) is 23.4 Å². The molecule has 1 fully saturated rings. The van der Waals surface area contributed by atoms with E-state index in [1.165, 1.54) is 12.0 Å². The summed E-state index contributed by atoms with van der Waals surface area (Å²) >= 11 is 0. The molecular weight excluding hydrogens is 259 g/mol. The SMILES string of the molecule is C#CC(C)(C)C[P+](C)(CC(=C)C)C1CC1C(C)(C)C#C. The lowest BCUT2D eigenvalue weighted by Crippen LogP contribution is -2.24. The van der Waals surface area contributed by atoms with Crippen molar-refractivity contribution >= 4 is 7.26 Å². The fourth-order valence-corrected chi connectivity index (χ4v) is 9.30. The maximum atomic E-state index is 5.72. The zero-order valence-electron chi connectivity index (χ0n) is 14.1. The van der Waals surface area contributed by atoms with Crippen LogP contribution in [0, 0.1) is 41.4 Å². The van der Waals surface area contributed by atoms with Gasteiger partial charge in [-0.1, -0.05) is 12.5 Å². The number of hydrogen-bond acceptors (Lipinski definition) is 0. The van der Waals surface area contributed by atoms with Crippen LogP contribution in [0.2, 0.25) is 0 Å². The first-order chi connectivity index (χ1) is 8.97. The van der Waals surface area contributed by atoms with E-state index in [2.05, 4.69) is 59.7 Å². The van der Waals surface area contributed by atoms with Crippen LogP contribution in [0.15, 0.2) is 12.2 Å². The van der Waals surface area contributed by atoms with E-state index in [4.69, 9.17) is 12.8 Å². The Hall–Kier alpha value is -0.710. The van der Waals surface area contributed by atoms with Gasteiger partial charge in [0.1, 0.15) is 0 Å². The first-order valence-electron chi connectivity index (χ1n) is 7.41. The second kappa shape index (κ2) is 5.58. The smallest absolute Gasteiger partial charge is 0.0798 e. The minimum Gasteiger partial charge on any atom is -0.120 e. The van der Waals surface area contributed by atoms with Crippen molar-refractivity contribution in [2.75, 3.05) is 19.0 Å². The van der Waals surface area contributed by atoms with E-state index < -0.39 is 7.26 Å². The van der Waals surface area contributed by atoms with Crippen molar-refractivity contribution in [3.8, 4) is 24.7 Å². The van der Waals surface area contributed by atoms with Crippen LogP contribution in [0.1, 0.15) is 41.0 Å². The molecule has 1 heteroatoms. The maximum Gasteiger partial charge on any atom is 0.0798 e. The third kappa shape index (κ3) is 3.90. The van der Waals surface area contributed by atoms with E-state index in [1.54, 1.807) is 0 Å². The summed E-state index contributed by atoms with van der Waals surface area (Å²) in [7, 11) is -1.13. The van der Waals surface area contributed by atoms with Crippen molar-refractivity contribution in [1.29, 1.82) is 0 Å². The molecule has 1 aliphatic rings. The minimum atomic E-state index is -1.13. The van der Waals surface area contributed by atoms with Crippen LogP contribution in [-0.4, -0.2) is 24.6 Å². The summed E-state index contributed by atoms with van der Waals surface area (Å²) in [6, 6.07) is 0. The molecule has 1 rings (SSSR count). The Morgan fingerprint density at radius 1 is 1.25 bits per heavy atom. The van der Waals surface area contributed by atoms with Gasteiger partial charge in [0.2, 0.25) is 0 Å². The van der Waals surface area contributed by atoms with Crippen molar-refractivity contribution in [3.63, 3.8) is 0 Å². The highest BCUT2D eigenvalue weighted by Crippen LogP contribution is 2.75. The summed E-state index contributed by atoms with van der Waals surface area (Å²) in [4.78, 5) is 0. The third-order valence-corrected chi connectivity index (χ3v) is 9.58. The van der Waals surface area contributed by atoms with Gasteiger partial charge in [-0.25, -0.2) is 0 Å². The largest absolute Gasteiger partial charge is 0.120 e. The van der Waals surface area contributed by atoms with Gasteiger partial charge >= 0.3 is 0 Å². The van der Waals surface area contributed by atoms with Crippen LogP contribution in [0.5, 0.6) is 0 Å². The highest BCUT2D eigenvalue weighted by atomic mass is 31.2. The molecule has 0 aromatic rings.